The van der Waals surface area contributed by atoms with E-state index in [4.69, 9.17) is 12.2 Å². The zero-order valence-electron chi connectivity index (χ0n) is 12.7. The highest BCUT2D eigenvalue weighted by molar-refractivity contribution is 8.23. The second-order valence-corrected chi connectivity index (χ2v) is 9.67. The summed E-state index contributed by atoms with van der Waals surface area (Å²) < 4.78 is 1.96. The molecule has 1 aromatic heterocycles. The SMILES string of the molecule is C[C@@H](CC(=O)N1C(=S)SC[C@H]1c1ccccc1)Sc1cccs1. The van der Waals surface area contributed by atoms with Crippen LogP contribution in [0.25, 0.3) is 0 Å². The van der Waals surface area contributed by atoms with Crippen molar-refractivity contribution in [2.45, 2.75) is 28.8 Å². The number of amides is 1. The lowest BCUT2D eigenvalue weighted by molar-refractivity contribution is -0.128. The summed E-state index contributed by atoms with van der Waals surface area (Å²) in [5.74, 6) is 0.978. The Labute approximate surface area is 154 Å². The van der Waals surface area contributed by atoms with E-state index < -0.39 is 0 Å². The van der Waals surface area contributed by atoms with Crippen molar-refractivity contribution in [3.63, 3.8) is 0 Å². The molecule has 2 nitrogen and oxygen atoms in total. The smallest absolute Gasteiger partial charge is 0.229 e. The Kier molecular flexibility index (Phi) is 5.80. The molecule has 1 fully saturated rings. The number of hydrogen-bond acceptors (Lipinski definition) is 5. The monoisotopic (exact) mass is 379 g/mol. The van der Waals surface area contributed by atoms with Crippen molar-refractivity contribution < 1.29 is 4.79 Å². The predicted molar refractivity (Wildman–Crippen MR) is 105 cm³/mol. The van der Waals surface area contributed by atoms with E-state index in [1.54, 1.807) is 34.9 Å². The lowest BCUT2D eigenvalue weighted by atomic mass is 10.1. The van der Waals surface area contributed by atoms with Crippen LogP contribution in [0.2, 0.25) is 0 Å². The molecule has 0 N–H and O–H groups in total. The van der Waals surface area contributed by atoms with Gasteiger partial charge in [0.25, 0.3) is 0 Å². The molecule has 0 spiro atoms. The maximum Gasteiger partial charge on any atom is 0.229 e. The van der Waals surface area contributed by atoms with Crippen LogP contribution in [-0.4, -0.2) is 26.1 Å². The van der Waals surface area contributed by atoms with Gasteiger partial charge in [-0.2, -0.15) is 0 Å². The lowest BCUT2D eigenvalue weighted by Crippen LogP contribution is -2.34. The first-order valence-corrected chi connectivity index (χ1v) is 10.5. The van der Waals surface area contributed by atoms with Gasteiger partial charge in [0.15, 0.2) is 0 Å². The molecule has 2 heterocycles. The summed E-state index contributed by atoms with van der Waals surface area (Å²) in [6.45, 7) is 2.10. The number of nitrogens with zero attached hydrogens (tertiary/aromatic N) is 1. The third-order valence-electron chi connectivity index (χ3n) is 3.60. The maximum atomic E-state index is 12.8. The van der Waals surface area contributed by atoms with Gasteiger partial charge in [0.05, 0.1) is 10.3 Å². The molecule has 23 heavy (non-hydrogen) atoms. The average Bonchev–Trinajstić information content (AvgIpc) is 3.17. The van der Waals surface area contributed by atoms with Crippen LogP contribution >= 0.6 is 47.1 Å². The van der Waals surface area contributed by atoms with Crippen LogP contribution in [0.5, 0.6) is 0 Å². The topological polar surface area (TPSA) is 20.3 Å². The summed E-state index contributed by atoms with van der Waals surface area (Å²) in [6.07, 6.45) is 0.507. The van der Waals surface area contributed by atoms with E-state index >= 15 is 0 Å². The number of hydrogen-bond donors (Lipinski definition) is 0. The van der Waals surface area contributed by atoms with Crippen molar-refractivity contribution in [2.24, 2.45) is 0 Å². The average molecular weight is 380 g/mol. The molecule has 0 saturated carbocycles. The van der Waals surface area contributed by atoms with Gasteiger partial charge in [0.2, 0.25) is 5.91 Å². The van der Waals surface area contributed by atoms with E-state index in [2.05, 4.69) is 30.5 Å². The van der Waals surface area contributed by atoms with Gasteiger partial charge < -0.3 is 0 Å². The number of benzene rings is 1. The minimum Gasteiger partial charge on any atom is -0.289 e. The van der Waals surface area contributed by atoms with Crippen LogP contribution in [0, 0.1) is 0 Å². The molecule has 1 aromatic carbocycles. The molecule has 1 saturated heterocycles. The molecule has 3 rings (SSSR count). The van der Waals surface area contributed by atoms with Crippen LogP contribution in [0.4, 0.5) is 0 Å². The molecule has 0 radical (unpaired) electrons. The molecular formula is C17H17NOS4. The first-order chi connectivity index (χ1) is 11.1. The van der Waals surface area contributed by atoms with Crippen LogP contribution < -0.4 is 0 Å². The van der Waals surface area contributed by atoms with E-state index in [1.807, 2.05) is 29.2 Å². The highest BCUT2D eigenvalue weighted by Crippen LogP contribution is 2.37. The summed E-state index contributed by atoms with van der Waals surface area (Å²) in [4.78, 5) is 14.6. The maximum absolute atomic E-state index is 12.8. The molecule has 2 atom stereocenters. The zero-order valence-corrected chi connectivity index (χ0v) is 15.9. The number of rotatable bonds is 5. The van der Waals surface area contributed by atoms with Crippen LogP contribution in [0.3, 0.4) is 0 Å². The van der Waals surface area contributed by atoms with Crippen molar-refractivity contribution in [1.82, 2.24) is 4.90 Å². The van der Waals surface area contributed by atoms with Crippen molar-refractivity contribution >= 4 is 57.3 Å². The van der Waals surface area contributed by atoms with Gasteiger partial charge in [-0.25, -0.2) is 0 Å². The molecule has 1 aliphatic heterocycles. The van der Waals surface area contributed by atoms with Crippen molar-refractivity contribution in [3.05, 3.63) is 53.4 Å². The van der Waals surface area contributed by atoms with Crippen molar-refractivity contribution in [1.29, 1.82) is 0 Å². The number of thiophene rings is 1. The minimum absolute atomic E-state index is 0.0696. The first-order valence-electron chi connectivity index (χ1n) is 7.39. The quantitative estimate of drug-likeness (QED) is 0.524. The van der Waals surface area contributed by atoms with Gasteiger partial charge in [0.1, 0.15) is 4.32 Å². The van der Waals surface area contributed by atoms with Gasteiger partial charge in [0, 0.05) is 17.4 Å². The van der Waals surface area contributed by atoms with E-state index in [0.29, 0.717) is 10.7 Å². The summed E-state index contributed by atoms with van der Waals surface area (Å²) >= 11 is 10.5. The highest BCUT2D eigenvalue weighted by atomic mass is 32.2. The van der Waals surface area contributed by atoms with Gasteiger partial charge in [-0.3, -0.25) is 9.69 Å². The summed E-state index contributed by atoms with van der Waals surface area (Å²) in [5.41, 5.74) is 1.16. The Morgan fingerprint density at radius 3 is 2.83 bits per heavy atom. The molecular weight excluding hydrogens is 362 g/mol. The van der Waals surface area contributed by atoms with E-state index in [-0.39, 0.29) is 17.2 Å². The molecule has 1 amide bonds. The summed E-state index contributed by atoms with van der Waals surface area (Å²) in [6, 6.07) is 14.4. The summed E-state index contributed by atoms with van der Waals surface area (Å²) in [5, 5.41) is 2.31. The summed E-state index contributed by atoms with van der Waals surface area (Å²) in [7, 11) is 0. The Morgan fingerprint density at radius 2 is 2.13 bits per heavy atom. The zero-order chi connectivity index (χ0) is 16.2. The van der Waals surface area contributed by atoms with Crippen LogP contribution in [0.15, 0.2) is 52.1 Å². The fourth-order valence-corrected chi connectivity index (χ4v) is 6.09. The number of thiocarbonyl (C=S) groups is 1. The van der Waals surface area contributed by atoms with Gasteiger partial charge in [-0.15, -0.1) is 23.1 Å². The Morgan fingerprint density at radius 1 is 1.35 bits per heavy atom. The standard InChI is InChI=1S/C17H17NOS4/c1-12(23-16-8-5-9-21-16)10-15(19)18-14(11-22-17(18)20)13-6-3-2-4-7-13/h2-9,12,14H,10-11H2,1H3/t12-,14-/m0/s1. The number of carbonyl (C=O) groups excluding carboxylic acids is 1. The van der Waals surface area contributed by atoms with Gasteiger partial charge in [-0.05, 0) is 17.0 Å². The van der Waals surface area contributed by atoms with E-state index in [9.17, 15) is 4.79 Å². The van der Waals surface area contributed by atoms with Crippen molar-refractivity contribution in [2.75, 3.05) is 5.75 Å². The first kappa shape index (κ1) is 17.0. The molecule has 0 unspecified atom stereocenters. The molecule has 0 aliphatic carbocycles. The molecule has 2 aromatic rings. The molecule has 120 valence electrons. The predicted octanol–water partition coefficient (Wildman–Crippen LogP) is 5.22. The Bertz CT molecular complexity index is 671. The Balaban J connectivity index is 1.68. The molecule has 0 bridgehead atoms. The Hall–Kier alpha value is -0.820. The number of carbonyl (C=O) groups is 1. The largest absolute Gasteiger partial charge is 0.289 e. The third kappa shape index (κ3) is 4.18. The van der Waals surface area contributed by atoms with Gasteiger partial charge in [-0.1, -0.05) is 67.3 Å². The minimum atomic E-state index is 0.0696. The van der Waals surface area contributed by atoms with Gasteiger partial charge >= 0.3 is 0 Å². The number of thioether (sulfide) groups is 2. The molecule has 1 aliphatic rings. The van der Waals surface area contributed by atoms with Crippen LogP contribution in [-0.2, 0) is 4.79 Å². The van der Waals surface area contributed by atoms with E-state index in [0.717, 1.165) is 11.3 Å². The van der Waals surface area contributed by atoms with E-state index in [1.165, 1.54) is 4.21 Å². The fourth-order valence-electron chi connectivity index (χ4n) is 2.53. The molecule has 6 heteroatoms. The van der Waals surface area contributed by atoms with Crippen LogP contribution in [0.1, 0.15) is 24.9 Å². The normalized spacial score (nSPS) is 19.1. The third-order valence-corrected chi connectivity index (χ3v) is 7.25. The van der Waals surface area contributed by atoms with Crippen molar-refractivity contribution in [3.8, 4) is 0 Å². The highest BCUT2D eigenvalue weighted by Gasteiger charge is 2.35. The second kappa shape index (κ2) is 7.83. The lowest BCUT2D eigenvalue weighted by Gasteiger charge is -2.25. The fraction of sp³-hybridized carbons (Fsp3) is 0.294. The second-order valence-electron chi connectivity index (χ2n) is 5.33.